The molecule has 24 heavy (non-hydrogen) atoms. The molecule has 0 saturated carbocycles. The van der Waals surface area contributed by atoms with Gasteiger partial charge in [-0.15, -0.1) is 0 Å². The topological polar surface area (TPSA) is 93.4 Å². The van der Waals surface area contributed by atoms with Crippen LogP contribution in [-0.2, 0) is 4.79 Å². The number of nitrogens with one attached hydrogen (secondary N) is 2. The fourth-order valence-corrected chi connectivity index (χ4v) is 2.21. The van der Waals surface area contributed by atoms with E-state index >= 15 is 0 Å². The summed E-state index contributed by atoms with van der Waals surface area (Å²) < 4.78 is 5.49. The Morgan fingerprint density at radius 2 is 1.83 bits per heavy atom. The lowest BCUT2D eigenvalue weighted by Crippen LogP contribution is -2.33. The molecule has 0 atom stereocenters. The van der Waals surface area contributed by atoms with Gasteiger partial charge in [-0.1, -0.05) is 24.3 Å². The third-order valence-electron chi connectivity index (χ3n) is 3.47. The summed E-state index contributed by atoms with van der Waals surface area (Å²) in [5.41, 5.74) is 7.19. The van der Waals surface area contributed by atoms with Gasteiger partial charge in [0.1, 0.15) is 12.4 Å². The van der Waals surface area contributed by atoms with Gasteiger partial charge in [-0.2, -0.15) is 0 Å². The molecule has 0 radical (unpaired) electrons. The molecule has 2 rings (SSSR count). The van der Waals surface area contributed by atoms with E-state index in [1.165, 1.54) is 0 Å². The van der Waals surface area contributed by atoms with Crippen LogP contribution in [0.4, 0.5) is 5.69 Å². The summed E-state index contributed by atoms with van der Waals surface area (Å²) in [5.74, 6) is 0.123. The van der Waals surface area contributed by atoms with Gasteiger partial charge >= 0.3 is 0 Å². The van der Waals surface area contributed by atoms with Crippen molar-refractivity contribution < 1.29 is 14.3 Å². The van der Waals surface area contributed by atoms with Crippen molar-refractivity contribution in [3.63, 3.8) is 0 Å². The minimum Gasteiger partial charge on any atom is -0.492 e. The molecule has 6 nitrogen and oxygen atoms in total. The third kappa shape index (κ3) is 5.01. The molecule has 0 aliphatic carbocycles. The summed E-state index contributed by atoms with van der Waals surface area (Å²) in [5, 5.41) is 5.77. The predicted octanol–water partition coefficient (Wildman–Crippen LogP) is 1.70. The van der Waals surface area contributed by atoms with Crippen LogP contribution in [0.1, 0.15) is 15.9 Å². The van der Waals surface area contributed by atoms with E-state index in [0.717, 1.165) is 11.3 Å². The molecule has 0 aliphatic rings. The Bertz CT molecular complexity index is 702. The lowest BCUT2D eigenvalue weighted by atomic mass is 10.1. The average molecular weight is 327 g/mol. The minimum absolute atomic E-state index is 0.106. The van der Waals surface area contributed by atoms with Gasteiger partial charge in [0.25, 0.3) is 0 Å². The molecule has 0 heterocycles. The molecule has 2 aromatic carbocycles. The van der Waals surface area contributed by atoms with Gasteiger partial charge in [-0.3, -0.25) is 9.59 Å². The molecule has 0 aromatic heterocycles. The molecular formula is C18H21N3O3. The Kier molecular flexibility index (Phi) is 6.19. The van der Waals surface area contributed by atoms with Crippen LogP contribution in [0, 0.1) is 6.92 Å². The fraction of sp³-hybridized carbons (Fsp3) is 0.222. The highest BCUT2D eigenvalue weighted by molar-refractivity contribution is 5.96. The molecule has 0 spiro atoms. The van der Waals surface area contributed by atoms with Crippen LogP contribution in [0.3, 0.4) is 0 Å². The molecule has 126 valence electrons. The highest BCUT2D eigenvalue weighted by Gasteiger charge is 2.09. The van der Waals surface area contributed by atoms with Gasteiger partial charge in [0, 0.05) is 11.3 Å². The molecular weight excluding hydrogens is 306 g/mol. The van der Waals surface area contributed by atoms with Gasteiger partial charge in [0.2, 0.25) is 11.8 Å². The van der Waals surface area contributed by atoms with E-state index < -0.39 is 5.91 Å². The first-order valence-corrected chi connectivity index (χ1v) is 7.66. The lowest BCUT2D eigenvalue weighted by Gasteiger charge is -2.12. The summed E-state index contributed by atoms with van der Waals surface area (Å²) in [6.07, 6.45) is 0. The van der Waals surface area contributed by atoms with E-state index in [4.69, 9.17) is 10.5 Å². The normalized spacial score (nSPS) is 10.0. The number of para-hydroxylation sites is 1. The number of amides is 2. The number of ether oxygens (including phenoxy) is 1. The molecule has 0 fully saturated rings. The second-order valence-corrected chi connectivity index (χ2v) is 5.21. The highest BCUT2D eigenvalue weighted by Crippen LogP contribution is 2.18. The number of carbonyl (C=O) groups is 2. The maximum Gasteiger partial charge on any atom is 0.249 e. The first-order valence-electron chi connectivity index (χ1n) is 7.66. The summed E-state index contributed by atoms with van der Waals surface area (Å²) in [4.78, 5) is 23.1. The van der Waals surface area contributed by atoms with Crippen LogP contribution in [0.25, 0.3) is 0 Å². The van der Waals surface area contributed by atoms with Crippen LogP contribution in [0.2, 0.25) is 0 Å². The summed E-state index contributed by atoms with van der Waals surface area (Å²) in [6, 6.07) is 14.6. The molecule has 0 unspecified atom stereocenters. The van der Waals surface area contributed by atoms with E-state index in [9.17, 15) is 9.59 Å². The number of benzene rings is 2. The number of hydrogen-bond acceptors (Lipinski definition) is 4. The van der Waals surface area contributed by atoms with Crippen LogP contribution >= 0.6 is 0 Å². The van der Waals surface area contributed by atoms with Crippen LogP contribution < -0.4 is 21.1 Å². The van der Waals surface area contributed by atoms with Crippen molar-refractivity contribution in [2.45, 2.75) is 6.92 Å². The van der Waals surface area contributed by atoms with Crippen molar-refractivity contribution in [2.24, 2.45) is 5.73 Å². The molecule has 2 amide bonds. The van der Waals surface area contributed by atoms with Crippen molar-refractivity contribution in [3.05, 3.63) is 59.7 Å². The number of nitrogens with two attached hydrogens (primary N) is 1. The van der Waals surface area contributed by atoms with E-state index in [2.05, 4.69) is 10.6 Å². The van der Waals surface area contributed by atoms with Gasteiger partial charge in [-0.25, -0.2) is 0 Å². The van der Waals surface area contributed by atoms with Crippen molar-refractivity contribution in [2.75, 3.05) is 25.0 Å². The SMILES string of the molecule is Cc1c(NCC(=O)NCCOc2ccccc2)cccc1C(N)=O. The maximum absolute atomic E-state index is 11.8. The monoisotopic (exact) mass is 327 g/mol. The Hall–Kier alpha value is -3.02. The fourth-order valence-electron chi connectivity index (χ4n) is 2.21. The first-order chi connectivity index (χ1) is 11.6. The van der Waals surface area contributed by atoms with E-state index in [1.54, 1.807) is 25.1 Å². The third-order valence-corrected chi connectivity index (χ3v) is 3.47. The molecule has 6 heteroatoms. The number of anilines is 1. The predicted molar refractivity (Wildman–Crippen MR) is 93.1 cm³/mol. The maximum atomic E-state index is 11.8. The van der Waals surface area contributed by atoms with Crippen molar-refractivity contribution in [1.29, 1.82) is 0 Å². The van der Waals surface area contributed by atoms with Gasteiger partial charge in [0.15, 0.2) is 0 Å². The number of rotatable bonds is 8. The van der Waals surface area contributed by atoms with E-state index in [-0.39, 0.29) is 12.5 Å². The van der Waals surface area contributed by atoms with Crippen molar-refractivity contribution in [3.8, 4) is 5.75 Å². The van der Waals surface area contributed by atoms with Crippen molar-refractivity contribution >= 4 is 17.5 Å². The summed E-state index contributed by atoms with van der Waals surface area (Å²) >= 11 is 0. The second-order valence-electron chi connectivity index (χ2n) is 5.21. The number of carbonyl (C=O) groups excluding carboxylic acids is 2. The molecule has 4 N–H and O–H groups in total. The standard InChI is InChI=1S/C18H21N3O3/c1-13-15(18(19)23)8-5-9-16(13)21-12-17(22)20-10-11-24-14-6-3-2-4-7-14/h2-9,21H,10-12H2,1H3,(H2,19,23)(H,20,22). The quantitative estimate of drug-likeness (QED) is 0.643. The zero-order valence-electron chi connectivity index (χ0n) is 13.5. The zero-order chi connectivity index (χ0) is 17.4. The van der Waals surface area contributed by atoms with Crippen LogP contribution in [-0.4, -0.2) is 31.5 Å². The van der Waals surface area contributed by atoms with Crippen molar-refractivity contribution in [1.82, 2.24) is 5.32 Å². The molecule has 0 saturated heterocycles. The largest absolute Gasteiger partial charge is 0.492 e. The summed E-state index contributed by atoms with van der Waals surface area (Å²) in [7, 11) is 0. The van der Waals surface area contributed by atoms with E-state index in [0.29, 0.717) is 24.4 Å². The average Bonchev–Trinajstić information content (AvgIpc) is 2.58. The lowest BCUT2D eigenvalue weighted by molar-refractivity contribution is -0.119. The Labute approximate surface area is 141 Å². The van der Waals surface area contributed by atoms with Gasteiger partial charge in [0.05, 0.1) is 13.1 Å². The molecule has 0 aliphatic heterocycles. The second kappa shape index (κ2) is 8.57. The van der Waals surface area contributed by atoms with Gasteiger partial charge in [-0.05, 0) is 36.8 Å². The molecule has 0 bridgehead atoms. The minimum atomic E-state index is -0.487. The van der Waals surface area contributed by atoms with Gasteiger partial charge < -0.3 is 21.1 Å². The van der Waals surface area contributed by atoms with E-state index in [1.807, 2.05) is 30.3 Å². The Morgan fingerprint density at radius 1 is 1.08 bits per heavy atom. The van der Waals surface area contributed by atoms with Crippen LogP contribution in [0.15, 0.2) is 48.5 Å². The number of hydrogen-bond donors (Lipinski definition) is 3. The Balaban J connectivity index is 1.73. The highest BCUT2D eigenvalue weighted by atomic mass is 16.5. The Morgan fingerprint density at radius 3 is 2.54 bits per heavy atom. The van der Waals surface area contributed by atoms with Crippen LogP contribution in [0.5, 0.6) is 5.75 Å². The molecule has 2 aromatic rings. The smallest absolute Gasteiger partial charge is 0.249 e. The summed E-state index contributed by atoms with van der Waals surface area (Å²) in [6.45, 7) is 2.70. The zero-order valence-corrected chi connectivity index (χ0v) is 13.5. The number of primary amides is 1. The first kappa shape index (κ1) is 17.3.